The first-order valence-electron chi connectivity index (χ1n) is 10.3. The minimum Gasteiger partial charge on any atom is -0.466 e. The zero-order chi connectivity index (χ0) is 22.2. The van der Waals surface area contributed by atoms with E-state index in [1.54, 1.807) is 18.3 Å². The van der Waals surface area contributed by atoms with E-state index in [1.807, 2.05) is 49.4 Å². The fraction of sp³-hybridized carbons (Fsp3) is 0.120. The average molecular weight is 428 g/mol. The molecule has 0 radical (unpaired) electrons. The molecule has 160 valence electrons. The van der Waals surface area contributed by atoms with Crippen molar-refractivity contribution in [1.82, 2.24) is 14.5 Å². The van der Waals surface area contributed by atoms with Crippen molar-refractivity contribution in [2.45, 2.75) is 19.8 Å². The highest BCUT2D eigenvalue weighted by molar-refractivity contribution is 5.66. The summed E-state index contributed by atoms with van der Waals surface area (Å²) in [7, 11) is 0. The molecule has 0 saturated carbocycles. The molecule has 3 aromatic rings. The SMILES string of the molecule is Cc1ccc(Cc2nc3c(Cc4ccccc4)[nH]c(-c4cccc(N)c4F)cn-3c2=O)o1. The van der Waals surface area contributed by atoms with E-state index in [9.17, 15) is 9.18 Å². The number of furan rings is 1. The summed E-state index contributed by atoms with van der Waals surface area (Å²) in [5.41, 5.74) is 8.40. The number of aryl methyl sites for hydroxylation is 1. The second-order valence-electron chi connectivity index (χ2n) is 7.76. The van der Waals surface area contributed by atoms with E-state index in [2.05, 4.69) is 9.97 Å². The number of hydrogen-bond acceptors (Lipinski definition) is 4. The number of fused-ring (bicyclic) bond motifs is 1. The first-order valence-corrected chi connectivity index (χ1v) is 10.3. The molecular weight excluding hydrogens is 407 g/mol. The molecule has 0 amide bonds. The van der Waals surface area contributed by atoms with Crippen LogP contribution < -0.4 is 11.3 Å². The highest BCUT2D eigenvalue weighted by Crippen LogP contribution is 2.28. The number of aromatic amines is 1. The molecule has 2 aliphatic rings. The van der Waals surface area contributed by atoms with Gasteiger partial charge in [-0.2, -0.15) is 0 Å². The van der Waals surface area contributed by atoms with Crippen LogP contribution in [0.5, 0.6) is 0 Å². The van der Waals surface area contributed by atoms with Crippen molar-refractivity contribution in [3.05, 3.63) is 112 Å². The maximum atomic E-state index is 14.8. The smallest absolute Gasteiger partial charge is 0.278 e. The molecule has 0 aliphatic carbocycles. The van der Waals surface area contributed by atoms with Gasteiger partial charge in [-0.05, 0) is 36.8 Å². The van der Waals surface area contributed by atoms with Gasteiger partial charge in [0.05, 0.1) is 23.5 Å². The van der Waals surface area contributed by atoms with Gasteiger partial charge in [0.15, 0.2) is 11.6 Å². The standard InChI is InChI=1S/C25H21FN4O2/c1-15-10-11-17(32-15)13-21-25(31)30-14-22(18-8-5-9-19(27)23(18)26)28-20(24(30)29-21)12-16-6-3-2-4-7-16/h2-11,14,28H,12-13,27H2,1H3. The number of H-pyrrole nitrogens is 1. The lowest BCUT2D eigenvalue weighted by atomic mass is 10.1. The zero-order valence-corrected chi connectivity index (χ0v) is 17.4. The summed E-state index contributed by atoms with van der Waals surface area (Å²) in [5.74, 6) is 1.41. The van der Waals surface area contributed by atoms with E-state index in [-0.39, 0.29) is 23.2 Å². The van der Waals surface area contributed by atoms with E-state index >= 15 is 0 Å². The van der Waals surface area contributed by atoms with Crippen molar-refractivity contribution >= 4 is 5.69 Å². The van der Waals surface area contributed by atoms with Gasteiger partial charge in [0.25, 0.3) is 5.56 Å². The number of nitrogens with one attached hydrogen (secondary N) is 1. The van der Waals surface area contributed by atoms with Crippen LogP contribution in [0.25, 0.3) is 17.1 Å². The third-order valence-electron chi connectivity index (χ3n) is 5.43. The van der Waals surface area contributed by atoms with Crippen LogP contribution in [0.4, 0.5) is 10.1 Å². The quantitative estimate of drug-likeness (QED) is 0.404. The second-order valence-corrected chi connectivity index (χ2v) is 7.76. The first-order chi connectivity index (χ1) is 15.5. The Morgan fingerprint density at radius 3 is 2.62 bits per heavy atom. The van der Waals surface area contributed by atoms with Crippen LogP contribution in [0.3, 0.4) is 0 Å². The Labute approximate surface area is 183 Å². The van der Waals surface area contributed by atoms with Crippen LogP contribution in [0.15, 0.2) is 76.1 Å². The molecule has 6 nitrogen and oxygen atoms in total. The molecule has 3 N–H and O–H groups in total. The molecule has 0 spiro atoms. The Hall–Kier alpha value is -4.13. The van der Waals surface area contributed by atoms with Crippen LogP contribution in [0, 0.1) is 12.7 Å². The van der Waals surface area contributed by atoms with Gasteiger partial charge in [-0.25, -0.2) is 9.37 Å². The maximum absolute atomic E-state index is 14.8. The molecule has 2 aromatic carbocycles. The third-order valence-corrected chi connectivity index (χ3v) is 5.43. The van der Waals surface area contributed by atoms with Crippen LogP contribution in [-0.2, 0) is 12.8 Å². The number of anilines is 1. The molecular formula is C25H21FN4O2. The predicted molar refractivity (Wildman–Crippen MR) is 121 cm³/mol. The van der Waals surface area contributed by atoms with Crippen molar-refractivity contribution < 1.29 is 8.81 Å². The number of nitrogen functional groups attached to an aromatic ring is 1. The van der Waals surface area contributed by atoms with E-state index in [0.29, 0.717) is 35.1 Å². The highest BCUT2D eigenvalue weighted by atomic mass is 19.1. The largest absolute Gasteiger partial charge is 0.466 e. The number of nitrogens with zero attached hydrogens (tertiary/aromatic N) is 2. The lowest BCUT2D eigenvalue weighted by Crippen LogP contribution is -2.18. The van der Waals surface area contributed by atoms with E-state index in [4.69, 9.17) is 10.2 Å². The van der Waals surface area contributed by atoms with Gasteiger partial charge in [0, 0.05) is 18.2 Å². The molecule has 3 heterocycles. The minimum atomic E-state index is -0.535. The fourth-order valence-electron chi connectivity index (χ4n) is 3.86. The normalized spacial score (nSPS) is 11.3. The second kappa shape index (κ2) is 7.85. The average Bonchev–Trinajstić information content (AvgIpc) is 3.34. The van der Waals surface area contributed by atoms with Gasteiger partial charge < -0.3 is 15.1 Å². The van der Waals surface area contributed by atoms with Crippen LogP contribution >= 0.6 is 0 Å². The topological polar surface area (TPSA) is 89.8 Å². The van der Waals surface area contributed by atoms with Gasteiger partial charge in [-0.3, -0.25) is 9.36 Å². The van der Waals surface area contributed by atoms with Gasteiger partial charge in [-0.15, -0.1) is 0 Å². The van der Waals surface area contributed by atoms with Gasteiger partial charge in [0.2, 0.25) is 0 Å². The Morgan fingerprint density at radius 1 is 1.06 bits per heavy atom. The minimum absolute atomic E-state index is 0.0439. The van der Waals surface area contributed by atoms with E-state index in [0.717, 1.165) is 11.3 Å². The first kappa shape index (κ1) is 19.8. The molecule has 0 atom stereocenters. The molecule has 0 fully saturated rings. The number of halogens is 1. The third kappa shape index (κ3) is 3.58. The summed E-state index contributed by atoms with van der Waals surface area (Å²) in [4.78, 5) is 21.1. The molecule has 7 heteroatoms. The Balaban J connectivity index is 1.68. The van der Waals surface area contributed by atoms with E-state index in [1.165, 1.54) is 10.6 Å². The number of aromatic nitrogens is 3. The van der Waals surface area contributed by atoms with E-state index < -0.39 is 5.82 Å². The van der Waals surface area contributed by atoms with Crippen molar-refractivity contribution in [3.63, 3.8) is 0 Å². The summed E-state index contributed by atoms with van der Waals surface area (Å²) in [6.07, 6.45) is 2.35. The Morgan fingerprint density at radius 2 is 1.88 bits per heavy atom. The van der Waals surface area contributed by atoms with Gasteiger partial charge in [-0.1, -0.05) is 36.4 Å². The summed E-state index contributed by atoms with van der Waals surface area (Å²) < 4.78 is 21.9. The number of rotatable bonds is 5. The molecule has 0 bridgehead atoms. The lowest BCUT2D eigenvalue weighted by molar-refractivity contribution is 0.491. The van der Waals surface area contributed by atoms with Gasteiger partial charge in [0.1, 0.15) is 17.2 Å². The maximum Gasteiger partial charge on any atom is 0.278 e. The summed E-state index contributed by atoms with van der Waals surface area (Å²) in [6.45, 7) is 1.85. The summed E-state index contributed by atoms with van der Waals surface area (Å²) in [5, 5.41) is 0. The lowest BCUT2D eigenvalue weighted by Gasteiger charge is -2.14. The number of nitrogens with two attached hydrogens (primary N) is 1. The summed E-state index contributed by atoms with van der Waals surface area (Å²) in [6, 6.07) is 18.3. The molecule has 1 aromatic heterocycles. The molecule has 32 heavy (non-hydrogen) atoms. The van der Waals surface area contributed by atoms with Crippen LogP contribution in [-0.4, -0.2) is 14.5 Å². The van der Waals surface area contributed by atoms with Crippen molar-refractivity contribution in [1.29, 1.82) is 0 Å². The number of benzene rings is 2. The molecule has 5 rings (SSSR count). The van der Waals surface area contributed by atoms with Crippen molar-refractivity contribution in [3.8, 4) is 17.1 Å². The Kier molecular flexibility index (Phi) is 4.86. The molecule has 2 aliphatic heterocycles. The van der Waals surface area contributed by atoms with Crippen LogP contribution in [0.1, 0.15) is 28.5 Å². The fourth-order valence-corrected chi connectivity index (χ4v) is 3.86. The monoisotopic (exact) mass is 428 g/mol. The number of hydrogen-bond donors (Lipinski definition) is 2. The zero-order valence-electron chi connectivity index (χ0n) is 17.4. The van der Waals surface area contributed by atoms with Crippen molar-refractivity contribution in [2.24, 2.45) is 0 Å². The molecule has 0 unspecified atom stereocenters. The Bertz CT molecular complexity index is 1430. The highest BCUT2D eigenvalue weighted by Gasteiger charge is 2.22. The predicted octanol–water partition coefficient (Wildman–Crippen LogP) is 4.47. The molecule has 0 saturated heterocycles. The van der Waals surface area contributed by atoms with Gasteiger partial charge >= 0.3 is 0 Å². The number of imidazole rings is 1. The van der Waals surface area contributed by atoms with Crippen molar-refractivity contribution in [2.75, 3.05) is 5.73 Å². The summed E-state index contributed by atoms with van der Waals surface area (Å²) >= 11 is 0. The van der Waals surface area contributed by atoms with Crippen LogP contribution in [0.2, 0.25) is 0 Å².